The number of sulfonamides is 1. The molecule has 0 aromatic heterocycles. The van der Waals surface area contributed by atoms with Crippen molar-refractivity contribution in [3.8, 4) is 0 Å². The molecule has 1 fully saturated rings. The summed E-state index contributed by atoms with van der Waals surface area (Å²) < 4.78 is 28.2. The highest BCUT2D eigenvalue weighted by Crippen LogP contribution is 2.22. The van der Waals surface area contributed by atoms with Crippen LogP contribution in [0.25, 0.3) is 0 Å². The Kier molecular flexibility index (Phi) is 6.19. The number of amides is 1. The first kappa shape index (κ1) is 21.9. The van der Waals surface area contributed by atoms with Gasteiger partial charge in [-0.15, -0.1) is 0 Å². The first-order valence-corrected chi connectivity index (χ1v) is 12.1. The number of aryl methyl sites for hydroxylation is 2. The molecule has 6 nitrogen and oxygen atoms in total. The summed E-state index contributed by atoms with van der Waals surface area (Å²) in [6, 6.07) is 22.1. The summed E-state index contributed by atoms with van der Waals surface area (Å²) in [5.74, 6) is -0.0401. The van der Waals surface area contributed by atoms with Crippen molar-refractivity contribution in [1.82, 2.24) is 4.90 Å². The minimum atomic E-state index is -3.70. The first-order chi connectivity index (χ1) is 15.3. The lowest BCUT2D eigenvalue weighted by Crippen LogP contribution is -2.48. The van der Waals surface area contributed by atoms with Crippen LogP contribution >= 0.6 is 0 Å². The van der Waals surface area contributed by atoms with Crippen molar-refractivity contribution < 1.29 is 13.2 Å². The lowest BCUT2D eigenvalue weighted by atomic mass is 10.1. The van der Waals surface area contributed by atoms with Gasteiger partial charge in [0.1, 0.15) is 0 Å². The SMILES string of the molecule is Cc1ccc(C)c(S(=O)(=O)Nc2ccc(C(=O)N3CCN(c4ccccc4)CC3)cc2)c1. The number of hydrogen-bond acceptors (Lipinski definition) is 4. The summed E-state index contributed by atoms with van der Waals surface area (Å²) in [7, 11) is -3.70. The Balaban J connectivity index is 1.40. The molecule has 1 amide bonds. The Bertz CT molecular complexity index is 1200. The van der Waals surface area contributed by atoms with Crippen molar-refractivity contribution in [2.24, 2.45) is 0 Å². The number of nitrogens with zero attached hydrogens (tertiary/aromatic N) is 2. The van der Waals surface area contributed by atoms with Crippen LogP contribution in [0.2, 0.25) is 0 Å². The van der Waals surface area contributed by atoms with Crippen LogP contribution in [0, 0.1) is 13.8 Å². The van der Waals surface area contributed by atoms with Crippen LogP contribution in [0.3, 0.4) is 0 Å². The molecule has 3 aromatic rings. The molecule has 1 aliphatic rings. The molecule has 166 valence electrons. The van der Waals surface area contributed by atoms with Gasteiger partial charge in [0.25, 0.3) is 15.9 Å². The molecule has 0 saturated carbocycles. The summed E-state index contributed by atoms with van der Waals surface area (Å²) >= 11 is 0. The second kappa shape index (κ2) is 9.04. The van der Waals surface area contributed by atoms with Crippen LogP contribution in [0.1, 0.15) is 21.5 Å². The van der Waals surface area contributed by atoms with Crippen LogP contribution in [0.4, 0.5) is 11.4 Å². The van der Waals surface area contributed by atoms with E-state index >= 15 is 0 Å². The predicted octanol–water partition coefficient (Wildman–Crippen LogP) is 4.07. The Labute approximate surface area is 189 Å². The Morgan fingerprint density at radius 3 is 2.16 bits per heavy atom. The first-order valence-electron chi connectivity index (χ1n) is 10.6. The zero-order chi connectivity index (χ0) is 22.7. The number of nitrogens with one attached hydrogen (secondary N) is 1. The van der Waals surface area contributed by atoms with Crippen molar-refractivity contribution in [2.45, 2.75) is 18.7 Å². The molecule has 0 atom stereocenters. The van der Waals surface area contributed by atoms with Crippen LogP contribution < -0.4 is 9.62 Å². The smallest absolute Gasteiger partial charge is 0.262 e. The van der Waals surface area contributed by atoms with Crippen molar-refractivity contribution in [3.05, 3.63) is 89.5 Å². The van der Waals surface area contributed by atoms with Gasteiger partial charge in [0.2, 0.25) is 0 Å². The van der Waals surface area contributed by atoms with E-state index in [0.29, 0.717) is 29.9 Å². The minimum absolute atomic E-state index is 0.0401. The molecule has 1 N–H and O–H groups in total. The lowest BCUT2D eigenvalue weighted by molar-refractivity contribution is 0.0747. The van der Waals surface area contributed by atoms with Gasteiger partial charge in [0.15, 0.2) is 0 Å². The van der Waals surface area contributed by atoms with Gasteiger partial charge in [-0.3, -0.25) is 9.52 Å². The van der Waals surface area contributed by atoms with E-state index < -0.39 is 10.0 Å². The molecule has 1 heterocycles. The summed E-state index contributed by atoms with van der Waals surface area (Å²) in [5, 5.41) is 0. The molecule has 4 rings (SSSR count). The number of piperazine rings is 1. The Morgan fingerprint density at radius 1 is 0.844 bits per heavy atom. The van der Waals surface area contributed by atoms with Gasteiger partial charge in [0, 0.05) is 43.1 Å². The molecule has 3 aromatic carbocycles. The lowest BCUT2D eigenvalue weighted by Gasteiger charge is -2.36. The normalized spacial score (nSPS) is 14.3. The van der Waals surface area contributed by atoms with Crippen molar-refractivity contribution in [2.75, 3.05) is 35.8 Å². The van der Waals surface area contributed by atoms with E-state index in [2.05, 4.69) is 21.8 Å². The summed E-state index contributed by atoms with van der Waals surface area (Å²) in [6.45, 7) is 6.49. The Morgan fingerprint density at radius 2 is 1.50 bits per heavy atom. The number of para-hydroxylation sites is 1. The van der Waals surface area contributed by atoms with Crippen LogP contribution in [-0.4, -0.2) is 45.4 Å². The molecular weight excluding hydrogens is 422 g/mol. The van der Waals surface area contributed by atoms with Crippen LogP contribution in [0.15, 0.2) is 77.7 Å². The van der Waals surface area contributed by atoms with Gasteiger partial charge in [0.05, 0.1) is 4.90 Å². The van der Waals surface area contributed by atoms with Gasteiger partial charge in [-0.05, 0) is 67.4 Å². The van der Waals surface area contributed by atoms with E-state index in [9.17, 15) is 13.2 Å². The summed E-state index contributed by atoms with van der Waals surface area (Å²) in [4.78, 5) is 17.3. The van der Waals surface area contributed by atoms with Crippen molar-refractivity contribution in [3.63, 3.8) is 0 Å². The molecule has 0 spiro atoms. The van der Waals surface area contributed by atoms with E-state index in [1.807, 2.05) is 36.1 Å². The molecule has 1 saturated heterocycles. The van der Waals surface area contributed by atoms with Crippen molar-refractivity contribution >= 4 is 27.3 Å². The largest absolute Gasteiger partial charge is 0.368 e. The molecule has 0 bridgehead atoms. The third-order valence-corrected chi connectivity index (χ3v) is 7.23. The molecule has 32 heavy (non-hydrogen) atoms. The fourth-order valence-corrected chi connectivity index (χ4v) is 5.27. The number of benzene rings is 3. The van der Waals surface area contributed by atoms with Gasteiger partial charge in [-0.1, -0.05) is 30.3 Å². The predicted molar refractivity (Wildman–Crippen MR) is 128 cm³/mol. The van der Waals surface area contributed by atoms with E-state index in [-0.39, 0.29) is 10.8 Å². The molecule has 0 unspecified atom stereocenters. The fraction of sp³-hybridized carbons (Fsp3) is 0.240. The maximum atomic E-state index is 12.9. The van der Waals surface area contributed by atoms with Crippen molar-refractivity contribution in [1.29, 1.82) is 0 Å². The van der Waals surface area contributed by atoms with E-state index in [0.717, 1.165) is 18.7 Å². The monoisotopic (exact) mass is 449 g/mol. The quantitative estimate of drug-likeness (QED) is 0.638. The average Bonchev–Trinajstić information content (AvgIpc) is 2.81. The standard InChI is InChI=1S/C25H27N3O3S/c1-19-8-9-20(2)24(18-19)32(30,31)26-22-12-10-21(11-13-22)25(29)28-16-14-27(15-17-28)23-6-4-3-5-7-23/h3-13,18,26H,14-17H2,1-2H3. The van der Waals surface area contributed by atoms with E-state index in [4.69, 9.17) is 0 Å². The second-order valence-corrected chi connectivity index (χ2v) is 9.72. The number of carbonyl (C=O) groups excluding carboxylic acids is 1. The number of hydrogen-bond donors (Lipinski definition) is 1. The molecule has 1 aliphatic heterocycles. The number of carbonyl (C=O) groups is 1. The van der Waals surface area contributed by atoms with E-state index in [1.165, 1.54) is 5.69 Å². The van der Waals surface area contributed by atoms with E-state index in [1.54, 1.807) is 43.3 Å². The highest BCUT2D eigenvalue weighted by Gasteiger charge is 2.23. The third-order valence-electron chi connectivity index (χ3n) is 5.71. The van der Waals surface area contributed by atoms with Gasteiger partial charge >= 0.3 is 0 Å². The Hall–Kier alpha value is -3.32. The maximum absolute atomic E-state index is 12.9. The average molecular weight is 450 g/mol. The second-order valence-electron chi connectivity index (χ2n) is 8.07. The summed E-state index contributed by atoms with van der Waals surface area (Å²) in [6.07, 6.45) is 0. The maximum Gasteiger partial charge on any atom is 0.262 e. The zero-order valence-electron chi connectivity index (χ0n) is 18.3. The third kappa shape index (κ3) is 4.78. The van der Waals surface area contributed by atoms with Crippen LogP contribution in [0.5, 0.6) is 0 Å². The highest BCUT2D eigenvalue weighted by atomic mass is 32.2. The van der Waals surface area contributed by atoms with Gasteiger partial charge in [-0.2, -0.15) is 0 Å². The number of anilines is 2. The fourth-order valence-electron chi connectivity index (χ4n) is 3.88. The highest BCUT2D eigenvalue weighted by molar-refractivity contribution is 7.92. The van der Waals surface area contributed by atoms with Gasteiger partial charge in [-0.25, -0.2) is 8.42 Å². The number of rotatable bonds is 5. The molecule has 0 aliphatic carbocycles. The minimum Gasteiger partial charge on any atom is -0.368 e. The molecule has 7 heteroatoms. The van der Waals surface area contributed by atoms with Gasteiger partial charge < -0.3 is 9.80 Å². The summed E-state index contributed by atoms with van der Waals surface area (Å²) in [5.41, 5.74) is 3.71. The zero-order valence-corrected chi connectivity index (χ0v) is 19.1. The van der Waals surface area contributed by atoms with Crippen LogP contribution in [-0.2, 0) is 10.0 Å². The topological polar surface area (TPSA) is 69.7 Å². The molecule has 0 radical (unpaired) electrons. The molecular formula is C25H27N3O3S.